The first-order chi connectivity index (χ1) is 9.22. The van der Waals surface area contributed by atoms with Crippen molar-refractivity contribution in [1.82, 2.24) is 5.32 Å². The van der Waals surface area contributed by atoms with Gasteiger partial charge in [-0.2, -0.15) is 11.8 Å². The van der Waals surface area contributed by atoms with Crippen molar-refractivity contribution in [2.75, 3.05) is 13.7 Å². The maximum Gasteiger partial charge on any atom is 0.169 e. The van der Waals surface area contributed by atoms with Crippen LogP contribution in [0, 0.1) is 5.82 Å². The molecule has 0 amide bonds. The highest BCUT2D eigenvalue weighted by molar-refractivity contribution is 7.99. The SMILES string of the molecule is CCCNC1c2ccc(OC)c(F)c2CSC1CC. The number of rotatable bonds is 5. The lowest BCUT2D eigenvalue weighted by atomic mass is 9.95. The summed E-state index contributed by atoms with van der Waals surface area (Å²) in [7, 11) is 1.52. The third-order valence-electron chi connectivity index (χ3n) is 3.63. The van der Waals surface area contributed by atoms with Crippen molar-refractivity contribution in [3.05, 3.63) is 29.1 Å². The first-order valence-electron chi connectivity index (χ1n) is 6.93. The zero-order valence-corrected chi connectivity index (χ0v) is 12.6. The lowest BCUT2D eigenvalue weighted by Crippen LogP contribution is -2.34. The number of halogens is 1. The molecule has 0 spiro atoms. The quantitative estimate of drug-likeness (QED) is 0.885. The van der Waals surface area contributed by atoms with Crippen molar-refractivity contribution in [3.63, 3.8) is 0 Å². The van der Waals surface area contributed by atoms with Crippen LogP contribution < -0.4 is 10.1 Å². The van der Waals surface area contributed by atoms with E-state index in [9.17, 15) is 4.39 Å². The van der Waals surface area contributed by atoms with Gasteiger partial charge in [0, 0.05) is 22.6 Å². The van der Waals surface area contributed by atoms with Gasteiger partial charge in [-0.05, 0) is 31.0 Å². The minimum atomic E-state index is -0.189. The van der Waals surface area contributed by atoms with Gasteiger partial charge in [-0.25, -0.2) is 4.39 Å². The van der Waals surface area contributed by atoms with Crippen LogP contribution in [-0.2, 0) is 5.75 Å². The molecule has 4 heteroatoms. The molecule has 1 aliphatic rings. The average molecular weight is 283 g/mol. The third kappa shape index (κ3) is 2.90. The maximum atomic E-state index is 14.3. The minimum absolute atomic E-state index is 0.189. The van der Waals surface area contributed by atoms with Crippen LogP contribution in [0.15, 0.2) is 12.1 Å². The third-order valence-corrected chi connectivity index (χ3v) is 5.12. The van der Waals surface area contributed by atoms with Gasteiger partial charge >= 0.3 is 0 Å². The fourth-order valence-electron chi connectivity index (χ4n) is 2.59. The van der Waals surface area contributed by atoms with Gasteiger partial charge in [-0.1, -0.05) is 19.9 Å². The van der Waals surface area contributed by atoms with Crippen LogP contribution in [0.2, 0.25) is 0 Å². The second-order valence-corrected chi connectivity index (χ2v) is 6.07. The summed E-state index contributed by atoms with van der Waals surface area (Å²) < 4.78 is 19.4. The minimum Gasteiger partial charge on any atom is -0.494 e. The predicted octanol–water partition coefficient (Wildman–Crippen LogP) is 3.90. The van der Waals surface area contributed by atoms with Gasteiger partial charge in [0.05, 0.1) is 7.11 Å². The molecule has 2 nitrogen and oxygen atoms in total. The van der Waals surface area contributed by atoms with Crippen LogP contribution >= 0.6 is 11.8 Å². The van der Waals surface area contributed by atoms with Crippen LogP contribution in [0.3, 0.4) is 0 Å². The first kappa shape index (κ1) is 14.7. The molecule has 1 N–H and O–H groups in total. The molecule has 2 atom stereocenters. The van der Waals surface area contributed by atoms with Crippen molar-refractivity contribution < 1.29 is 9.13 Å². The summed E-state index contributed by atoms with van der Waals surface area (Å²) in [5.74, 6) is 0.898. The van der Waals surface area contributed by atoms with Crippen molar-refractivity contribution in [1.29, 1.82) is 0 Å². The number of nitrogens with one attached hydrogen (secondary N) is 1. The Morgan fingerprint density at radius 1 is 1.42 bits per heavy atom. The number of hydrogen-bond acceptors (Lipinski definition) is 3. The predicted molar refractivity (Wildman–Crippen MR) is 79.4 cm³/mol. The molecule has 1 aliphatic heterocycles. The van der Waals surface area contributed by atoms with E-state index in [1.807, 2.05) is 17.8 Å². The Morgan fingerprint density at radius 3 is 2.84 bits per heavy atom. The number of benzene rings is 1. The van der Waals surface area contributed by atoms with Crippen molar-refractivity contribution in [2.45, 2.75) is 43.7 Å². The van der Waals surface area contributed by atoms with E-state index < -0.39 is 0 Å². The molecule has 106 valence electrons. The zero-order chi connectivity index (χ0) is 13.8. The molecule has 0 aromatic heterocycles. The molecule has 0 bridgehead atoms. The Labute approximate surface area is 119 Å². The second-order valence-electron chi connectivity index (χ2n) is 4.84. The molecule has 1 aromatic rings. The highest BCUT2D eigenvalue weighted by Gasteiger charge is 2.31. The van der Waals surface area contributed by atoms with Gasteiger partial charge in [0.1, 0.15) is 0 Å². The summed E-state index contributed by atoms with van der Waals surface area (Å²) >= 11 is 1.84. The van der Waals surface area contributed by atoms with E-state index >= 15 is 0 Å². The zero-order valence-electron chi connectivity index (χ0n) is 11.8. The molecule has 19 heavy (non-hydrogen) atoms. The number of methoxy groups -OCH3 is 1. The van der Waals surface area contributed by atoms with E-state index in [-0.39, 0.29) is 11.9 Å². The van der Waals surface area contributed by atoms with E-state index in [0.29, 0.717) is 11.0 Å². The summed E-state index contributed by atoms with van der Waals surface area (Å²) in [4.78, 5) is 0. The number of thioether (sulfide) groups is 1. The Hall–Kier alpha value is -0.740. The van der Waals surface area contributed by atoms with Crippen LogP contribution in [0.4, 0.5) is 4.39 Å². The van der Waals surface area contributed by atoms with Crippen LogP contribution in [0.1, 0.15) is 43.9 Å². The molecular weight excluding hydrogens is 261 g/mol. The maximum absolute atomic E-state index is 14.3. The molecule has 0 aliphatic carbocycles. The van der Waals surface area contributed by atoms with E-state index in [4.69, 9.17) is 4.74 Å². The highest BCUT2D eigenvalue weighted by Crippen LogP contribution is 2.42. The molecule has 0 saturated carbocycles. The molecule has 0 radical (unpaired) electrons. The molecular formula is C15H22FNOS. The summed E-state index contributed by atoms with van der Waals surface area (Å²) in [5.41, 5.74) is 1.92. The normalized spacial score (nSPS) is 22.1. The second kappa shape index (κ2) is 6.62. The van der Waals surface area contributed by atoms with Gasteiger partial charge in [-0.15, -0.1) is 0 Å². The number of ether oxygens (including phenoxy) is 1. The molecule has 2 rings (SSSR count). The van der Waals surface area contributed by atoms with Gasteiger partial charge in [-0.3, -0.25) is 0 Å². The monoisotopic (exact) mass is 283 g/mol. The van der Waals surface area contributed by atoms with Gasteiger partial charge in [0.2, 0.25) is 0 Å². The molecule has 2 unspecified atom stereocenters. The summed E-state index contributed by atoms with van der Waals surface area (Å²) in [6, 6.07) is 4.02. The topological polar surface area (TPSA) is 21.3 Å². The molecule has 0 fully saturated rings. The Kier molecular flexibility index (Phi) is 5.11. The van der Waals surface area contributed by atoms with Gasteiger partial charge in [0.15, 0.2) is 11.6 Å². The fourth-order valence-corrected chi connectivity index (χ4v) is 3.94. The van der Waals surface area contributed by atoms with Crippen LogP contribution in [-0.4, -0.2) is 18.9 Å². The first-order valence-corrected chi connectivity index (χ1v) is 7.98. The highest BCUT2D eigenvalue weighted by atomic mass is 32.2. The Balaban J connectivity index is 2.36. The number of hydrogen-bond donors (Lipinski definition) is 1. The van der Waals surface area contributed by atoms with E-state index in [1.165, 1.54) is 7.11 Å². The lowest BCUT2D eigenvalue weighted by molar-refractivity contribution is 0.382. The Morgan fingerprint density at radius 2 is 2.21 bits per heavy atom. The summed E-state index contributed by atoms with van der Waals surface area (Å²) in [6.07, 6.45) is 2.19. The van der Waals surface area contributed by atoms with E-state index in [2.05, 4.69) is 19.2 Å². The standard InChI is InChI=1S/C15H22FNOS/c1-4-8-17-15-10-6-7-12(18-3)14(16)11(10)9-19-13(15)5-2/h6-7,13,15,17H,4-5,8-9H2,1-3H3. The van der Waals surface area contributed by atoms with Crippen molar-refractivity contribution in [2.24, 2.45) is 0 Å². The average Bonchev–Trinajstić information content (AvgIpc) is 2.45. The summed E-state index contributed by atoms with van der Waals surface area (Å²) in [5, 5.41) is 4.09. The van der Waals surface area contributed by atoms with Crippen molar-refractivity contribution >= 4 is 11.8 Å². The van der Waals surface area contributed by atoms with Gasteiger partial charge < -0.3 is 10.1 Å². The van der Waals surface area contributed by atoms with Gasteiger partial charge in [0.25, 0.3) is 0 Å². The molecule has 0 saturated heterocycles. The smallest absolute Gasteiger partial charge is 0.169 e. The summed E-state index contributed by atoms with van der Waals surface area (Å²) in [6.45, 7) is 5.32. The molecule has 1 heterocycles. The van der Waals surface area contributed by atoms with E-state index in [0.717, 1.165) is 36.3 Å². The van der Waals surface area contributed by atoms with Crippen LogP contribution in [0.25, 0.3) is 0 Å². The lowest BCUT2D eigenvalue weighted by Gasteiger charge is -2.34. The van der Waals surface area contributed by atoms with Crippen molar-refractivity contribution in [3.8, 4) is 5.75 Å². The number of fused-ring (bicyclic) bond motifs is 1. The fraction of sp³-hybridized carbons (Fsp3) is 0.600. The van der Waals surface area contributed by atoms with Crippen LogP contribution in [0.5, 0.6) is 5.75 Å². The van der Waals surface area contributed by atoms with E-state index in [1.54, 1.807) is 6.07 Å². The Bertz CT molecular complexity index is 438. The largest absolute Gasteiger partial charge is 0.494 e. The molecule has 1 aromatic carbocycles.